The third-order valence-electron chi connectivity index (χ3n) is 4.13. The van der Waals surface area contributed by atoms with Crippen molar-refractivity contribution in [1.29, 1.82) is 0 Å². The van der Waals surface area contributed by atoms with Crippen LogP contribution in [0.3, 0.4) is 0 Å². The van der Waals surface area contributed by atoms with Crippen LogP contribution < -0.4 is 10.6 Å². The highest BCUT2D eigenvalue weighted by Crippen LogP contribution is 2.38. The molecular formula is C19H20F3N3O4. The van der Waals surface area contributed by atoms with Crippen LogP contribution in [0.1, 0.15) is 28.4 Å². The van der Waals surface area contributed by atoms with E-state index in [2.05, 4.69) is 15.4 Å². The summed E-state index contributed by atoms with van der Waals surface area (Å²) in [5, 5.41) is 17.3. The number of esters is 1. The zero-order chi connectivity index (χ0) is 21.6. The molecule has 0 radical (unpaired) electrons. The van der Waals surface area contributed by atoms with Gasteiger partial charge in [0.05, 0.1) is 23.2 Å². The molecule has 1 atom stereocenters. The summed E-state index contributed by atoms with van der Waals surface area (Å²) in [6.07, 6.45) is -4.85. The molecule has 2 rings (SSSR count). The molecule has 2 aromatic rings. The third-order valence-corrected chi connectivity index (χ3v) is 4.13. The molecule has 0 amide bonds. The monoisotopic (exact) mass is 411 g/mol. The van der Waals surface area contributed by atoms with Gasteiger partial charge in [-0.15, -0.1) is 0 Å². The molecule has 0 aliphatic carbocycles. The van der Waals surface area contributed by atoms with Gasteiger partial charge >= 0.3 is 12.1 Å². The Bertz CT molecular complexity index is 873. The van der Waals surface area contributed by atoms with E-state index in [1.54, 1.807) is 6.92 Å². The highest BCUT2D eigenvalue weighted by Gasteiger charge is 2.36. The first-order valence-electron chi connectivity index (χ1n) is 8.62. The lowest BCUT2D eigenvalue weighted by Gasteiger charge is -2.18. The molecule has 7 nitrogen and oxygen atoms in total. The lowest BCUT2D eigenvalue weighted by atomic mass is 10.1. The molecule has 0 fully saturated rings. The Balaban J connectivity index is 2.25. The van der Waals surface area contributed by atoms with Crippen molar-refractivity contribution in [2.24, 2.45) is 0 Å². The number of carbonyl (C=O) groups is 1. The van der Waals surface area contributed by atoms with E-state index in [0.717, 1.165) is 12.7 Å². The summed E-state index contributed by atoms with van der Waals surface area (Å²) < 4.78 is 43.7. The van der Waals surface area contributed by atoms with Gasteiger partial charge in [0.2, 0.25) is 0 Å². The quantitative estimate of drug-likeness (QED) is 0.388. The van der Waals surface area contributed by atoms with Gasteiger partial charge in [-0.25, -0.2) is 4.79 Å². The molecule has 29 heavy (non-hydrogen) atoms. The minimum absolute atomic E-state index is 0.128. The third kappa shape index (κ3) is 5.92. The lowest BCUT2D eigenvalue weighted by molar-refractivity contribution is -0.384. The second kappa shape index (κ2) is 9.37. The number of methoxy groups -OCH3 is 1. The summed E-state index contributed by atoms with van der Waals surface area (Å²) in [5.74, 6) is -1.11. The first kappa shape index (κ1) is 22.2. The maximum atomic E-state index is 13.1. The average molecular weight is 411 g/mol. The van der Waals surface area contributed by atoms with Crippen LogP contribution in [-0.2, 0) is 17.5 Å². The molecule has 2 aromatic carbocycles. The van der Waals surface area contributed by atoms with Crippen LogP contribution in [0.5, 0.6) is 0 Å². The fraction of sp³-hybridized carbons (Fsp3) is 0.316. The molecule has 0 heterocycles. The minimum atomic E-state index is -4.85. The minimum Gasteiger partial charge on any atom is -0.465 e. The van der Waals surface area contributed by atoms with Crippen LogP contribution in [-0.4, -0.2) is 30.6 Å². The van der Waals surface area contributed by atoms with E-state index in [0.29, 0.717) is 18.7 Å². The molecule has 0 aromatic heterocycles. The van der Waals surface area contributed by atoms with Crippen LogP contribution >= 0.6 is 0 Å². The number of nitrogens with one attached hydrogen (secondary N) is 2. The number of nitro benzene ring substituents is 1. The fourth-order valence-corrected chi connectivity index (χ4v) is 2.61. The van der Waals surface area contributed by atoms with Gasteiger partial charge in [0, 0.05) is 25.2 Å². The van der Waals surface area contributed by atoms with Crippen molar-refractivity contribution < 1.29 is 27.6 Å². The predicted octanol–water partition coefficient (Wildman–Crippen LogP) is 3.99. The molecular weight excluding hydrogens is 391 g/mol. The van der Waals surface area contributed by atoms with Gasteiger partial charge in [0.15, 0.2) is 0 Å². The lowest BCUT2D eigenvalue weighted by Crippen LogP contribution is -2.32. The molecule has 0 unspecified atom stereocenters. The zero-order valence-corrected chi connectivity index (χ0v) is 15.7. The number of benzene rings is 2. The van der Waals surface area contributed by atoms with Crippen LogP contribution in [0.4, 0.5) is 24.5 Å². The fourth-order valence-electron chi connectivity index (χ4n) is 2.61. The van der Waals surface area contributed by atoms with E-state index >= 15 is 0 Å². The van der Waals surface area contributed by atoms with Gasteiger partial charge in [-0.1, -0.05) is 30.3 Å². The highest BCUT2D eigenvalue weighted by molar-refractivity contribution is 5.98. The topological polar surface area (TPSA) is 93.5 Å². The smallest absolute Gasteiger partial charge is 0.416 e. The maximum Gasteiger partial charge on any atom is 0.416 e. The molecule has 156 valence electrons. The first-order valence-corrected chi connectivity index (χ1v) is 8.62. The van der Waals surface area contributed by atoms with Crippen molar-refractivity contribution in [1.82, 2.24) is 5.32 Å². The number of hydrogen-bond donors (Lipinski definition) is 2. The Hall–Kier alpha value is -3.14. The summed E-state index contributed by atoms with van der Waals surface area (Å²) in [5.41, 5.74) is -2.00. The summed E-state index contributed by atoms with van der Waals surface area (Å²) >= 11 is 0. The van der Waals surface area contributed by atoms with Crippen molar-refractivity contribution in [3.63, 3.8) is 0 Å². The molecule has 0 bridgehead atoms. The Morgan fingerprint density at radius 1 is 1.24 bits per heavy atom. The Morgan fingerprint density at radius 2 is 1.90 bits per heavy atom. The predicted molar refractivity (Wildman–Crippen MR) is 101 cm³/mol. The van der Waals surface area contributed by atoms with Crippen LogP contribution in [0.15, 0.2) is 42.5 Å². The van der Waals surface area contributed by atoms with E-state index in [1.165, 1.54) is 0 Å². The molecule has 2 N–H and O–H groups in total. The van der Waals surface area contributed by atoms with Crippen molar-refractivity contribution in [2.75, 3.05) is 19.0 Å². The van der Waals surface area contributed by atoms with Crippen LogP contribution in [0.2, 0.25) is 0 Å². The van der Waals surface area contributed by atoms with E-state index < -0.39 is 33.9 Å². The van der Waals surface area contributed by atoms with Gasteiger partial charge in [-0.3, -0.25) is 10.1 Å². The van der Waals surface area contributed by atoms with Gasteiger partial charge in [-0.05, 0) is 18.6 Å². The number of alkyl halides is 3. The van der Waals surface area contributed by atoms with Crippen molar-refractivity contribution in [3.05, 3.63) is 69.3 Å². The van der Waals surface area contributed by atoms with Gasteiger partial charge in [-0.2, -0.15) is 13.2 Å². The number of hydrogen-bond acceptors (Lipinski definition) is 6. The van der Waals surface area contributed by atoms with E-state index in [9.17, 15) is 28.1 Å². The molecule has 0 spiro atoms. The van der Waals surface area contributed by atoms with E-state index in [-0.39, 0.29) is 18.3 Å². The largest absolute Gasteiger partial charge is 0.465 e. The number of nitro groups is 1. The van der Waals surface area contributed by atoms with Crippen LogP contribution in [0.25, 0.3) is 0 Å². The van der Waals surface area contributed by atoms with E-state index in [4.69, 9.17) is 0 Å². The zero-order valence-electron chi connectivity index (χ0n) is 15.7. The first-order chi connectivity index (χ1) is 13.6. The second-order valence-corrected chi connectivity index (χ2v) is 6.31. The van der Waals surface area contributed by atoms with E-state index in [1.807, 2.05) is 30.3 Å². The second-order valence-electron chi connectivity index (χ2n) is 6.31. The number of rotatable bonds is 8. The maximum absolute atomic E-state index is 13.1. The standard InChI is InChI=1S/C19H20F3N3O4/c1-12(23-11-13-6-4-3-5-7-13)10-24-17-15(18(26)29-2)8-14(19(20,21)22)9-16(17)25(27)28/h3-9,12,23-24H,10-11H2,1-2H3/t12-/m0/s1. The van der Waals surface area contributed by atoms with Gasteiger partial charge in [0.1, 0.15) is 5.69 Å². The van der Waals surface area contributed by atoms with Crippen molar-refractivity contribution >= 4 is 17.3 Å². The molecule has 0 saturated heterocycles. The van der Waals surface area contributed by atoms with Gasteiger partial charge in [0.25, 0.3) is 5.69 Å². The van der Waals surface area contributed by atoms with Crippen LogP contribution in [0, 0.1) is 10.1 Å². The number of nitrogens with zero attached hydrogens (tertiary/aromatic N) is 1. The number of carbonyl (C=O) groups excluding carboxylic acids is 1. The average Bonchev–Trinajstić information content (AvgIpc) is 2.69. The molecule has 0 saturated carbocycles. The Morgan fingerprint density at radius 3 is 2.45 bits per heavy atom. The normalized spacial score (nSPS) is 12.3. The SMILES string of the molecule is COC(=O)c1cc(C(F)(F)F)cc([N+](=O)[O-])c1NC[C@H](C)NCc1ccccc1. The van der Waals surface area contributed by atoms with Crippen molar-refractivity contribution in [2.45, 2.75) is 25.7 Å². The molecule has 10 heteroatoms. The summed E-state index contributed by atoms with van der Waals surface area (Å²) in [6.45, 7) is 2.45. The Labute approximate surface area is 165 Å². The molecule has 0 aliphatic rings. The summed E-state index contributed by atoms with van der Waals surface area (Å²) in [7, 11) is 0.988. The summed E-state index contributed by atoms with van der Waals surface area (Å²) in [6, 6.07) is 10.2. The number of halogens is 3. The number of ether oxygens (including phenoxy) is 1. The number of anilines is 1. The summed E-state index contributed by atoms with van der Waals surface area (Å²) in [4.78, 5) is 22.4. The molecule has 0 aliphatic heterocycles. The van der Waals surface area contributed by atoms with Crippen molar-refractivity contribution in [3.8, 4) is 0 Å². The Kier molecular flexibility index (Phi) is 7.16. The highest BCUT2D eigenvalue weighted by atomic mass is 19.4. The van der Waals surface area contributed by atoms with Gasteiger partial charge < -0.3 is 15.4 Å².